The molecule has 0 bridgehead atoms. The molecule has 0 fully saturated rings. The summed E-state index contributed by atoms with van der Waals surface area (Å²) in [6, 6.07) is 17.1. The molecule has 0 aliphatic heterocycles. The summed E-state index contributed by atoms with van der Waals surface area (Å²) in [6.45, 7) is 3.90. The molecule has 2 amide bonds. The van der Waals surface area contributed by atoms with Crippen LogP contribution in [0.25, 0.3) is 10.8 Å². The number of urea groups is 1. The minimum absolute atomic E-state index is 0.0999. The molecule has 0 spiro atoms. The van der Waals surface area contributed by atoms with Crippen LogP contribution >= 0.6 is 11.6 Å². The minimum Gasteiger partial charge on any atom is -0.464 e. The van der Waals surface area contributed by atoms with Crippen molar-refractivity contribution < 1.29 is 19.4 Å². The second-order valence-corrected chi connectivity index (χ2v) is 8.62. The number of aliphatic hydroxyl groups excluding tert-OH is 1. The predicted molar refractivity (Wildman–Crippen MR) is 139 cm³/mol. The maximum atomic E-state index is 12.3. The molecule has 0 aliphatic carbocycles. The number of likely N-dealkylation sites (N-methyl/N-ethyl adjacent to an activating group) is 1. The highest BCUT2D eigenvalue weighted by atomic mass is 35.5. The number of hydrogen-bond donors (Lipinski definition) is 2. The first kappa shape index (κ1) is 28.1. The highest BCUT2D eigenvalue weighted by molar-refractivity contribution is 6.31. The van der Waals surface area contributed by atoms with Crippen molar-refractivity contribution in [2.45, 2.75) is 45.7 Å². The summed E-state index contributed by atoms with van der Waals surface area (Å²) >= 11 is 6.07. The number of hydrogen-bond acceptors (Lipinski definition) is 5. The number of carbonyl (C=O) groups excluding carboxylic acids is 2. The van der Waals surface area contributed by atoms with Crippen LogP contribution in [0.5, 0.6) is 0 Å². The molecule has 7 nitrogen and oxygen atoms in total. The van der Waals surface area contributed by atoms with Gasteiger partial charge in [-0.2, -0.15) is 0 Å². The molecule has 0 saturated heterocycles. The Hall–Kier alpha value is -3.16. The molecule has 0 aliphatic rings. The van der Waals surface area contributed by atoms with Gasteiger partial charge >= 0.3 is 12.0 Å². The molecule has 35 heavy (non-hydrogen) atoms. The smallest absolute Gasteiger partial charge is 0.317 e. The van der Waals surface area contributed by atoms with Crippen molar-refractivity contribution in [3.05, 3.63) is 77.1 Å². The molecule has 3 aromatic rings. The highest BCUT2D eigenvalue weighted by Gasteiger charge is 2.21. The maximum absolute atomic E-state index is 12.3. The van der Waals surface area contributed by atoms with Crippen molar-refractivity contribution >= 4 is 34.4 Å². The normalized spacial score (nSPS) is 11.2. The van der Waals surface area contributed by atoms with Gasteiger partial charge in [-0.3, -0.25) is 9.78 Å². The highest BCUT2D eigenvalue weighted by Crippen LogP contribution is 2.15. The Morgan fingerprint density at radius 3 is 2.49 bits per heavy atom. The molecule has 2 N–H and O–H groups in total. The molecule has 1 heterocycles. The van der Waals surface area contributed by atoms with Gasteiger partial charge in [0.05, 0.1) is 6.04 Å². The van der Waals surface area contributed by atoms with Crippen LogP contribution in [0.1, 0.15) is 37.4 Å². The number of aromatic nitrogens is 1. The zero-order chi connectivity index (χ0) is 25.6. The van der Waals surface area contributed by atoms with Gasteiger partial charge in [0.1, 0.15) is 6.61 Å². The standard InChI is InChI=1S/C17H25ClN2O4.C10H9N/c1-13(22)24-12-15(8-5-6-10-21)20(2)17(23)19-11-14-7-3-4-9-16(14)18;1-8-6-9-4-2-3-5-10(9)7-11-8/h3-4,7,9,15,21H,5-6,8,10-12H2,1-2H3,(H,19,23);2-7H,1H3/t15-;/m1./s1. The van der Waals surface area contributed by atoms with Gasteiger partial charge in [0, 0.05) is 49.4 Å². The number of nitrogens with zero attached hydrogens (tertiary/aromatic N) is 2. The summed E-state index contributed by atoms with van der Waals surface area (Å²) < 4.78 is 5.04. The molecule has 1 aromatic heterocycles. The number of rotatable bonds is 9. The van der Waals surface area contributed by atoms with Crippen molar-refractivity contribution in [1.82, 2.24) is 15.2 Å². The van der Waals surface area contributed by atoms with E-state index in [0.717, 1.165) is 17.7 Å². The van der Waals surface area contributed by atoms with Gasteiger partial charge in [-0.25, -0.2) is 4.79 Å². The number of halogens is 1. The summed E-state index contributed by atoms with van der Waals surface area (Å²) in [4.78, 5) is 29.1. The largest absolute Gasteiger partial charge is 0.464 e. The quantitative estimate of drug-likeness (QED) is 0.315. The summed E-state index contributed by atoms with van der Waals surface area (Å²) in [5.74, 6) is -0.382. The SMILES string of the molecule is CC(=O)OC[C@@H](CCCCO)N(C)C(=O)NCc1ccccc1Cl.Cc1cc2ccccc2cn1. The maximum Gasteiger partial charge on any atom is 0.317 e. The van der Waals surface area contributed by atoms with Crippen molar-refractivity contribution in [2.24, 2.45) is 0 Å². The van der Waals surface area contributed by atoms with Gasteiger partial charge in [0.2, 0.25) is 0 Å². The van der Waals surface area contributed by atoms with Gasteiger partial charge in [-0.1, -0.05) is 54.1 Å². The number of aryl methyl sites for hydroxylation is 1. The topological polar surface area (TPSA) is 91.8 Å². The Labute approximate surface area is 212 Å². The number of nitrogens with one attached hydrogen (secondary N) is 1. The van der Waals surface area contributed by atoms with E-state index in [1.807, 2.05) is 43.5 Å². The molecule has 3 rings (SSSR count). The Morgan fingerprint density at radius 1 is 1.11 bits per heavy atom. The van der Waals surface area contributed by atoms with Crippen molar-refractivity contribution in [3.8, 4) is 0 Å². The van der Waals surface area contributed by atoms with Crippen molar-refractivity contribution in [3.63, 3.8) is 0 Å². The van der Waals surface area contributed by atoms with Gasteiger partial charge in [0.15, 0.2) is 0 Å². The lowest BCUT2D eigenvalue weighted by Crippen LogP contribution is -2.45. The van der Waals surface area contributed by atoms with Crippen LogP contribution in [0.3, 0.4) is 0 Å². The van der Waals surface area contributed by atoms with E-state index >= 15 is 0 Å². The molecule has 0 radical (unpaired) electrons. The number of amides is 2. The average molecular weight is 500 g/mol. The number of ether oxygens (including phenoxy) is 1. The second kappa shape index (κ2) is 15.0. The number of fused-ring (bicyclic) bond motifs is 1. The third-order valence-corrected chi connectivity index (χ3v) is 5.82. The van der Waals surface area contributed by atoms with Crippen LogP contribution < -0.4 is 5.32 Å². The second-order valence-electron chi connectivity index (χ2n) is 8.21. The lowest BCUT2D eigenvalue weighted by molar-refractivity contribution is -0.142. The summed E-state index contributed by atoms with van der Waals surface area (Å²) in [5, 5.41) is 14.8. The summed E-state index contributed by atoms with van der Waals surface area (Å²) in [5.41, 5.74) is 1.90. The number of esters is 1. The van der Waals surface area contributed by atoms with Crippen LogP contribution in [0.2, 0.25) is 5.02 Å². The van der Waals surface area contributed by atoms with E-state index in [1.165, 1.54) is 22.6 Å². The van der Waals surface area contributed by atoms with Gasteiger partial charge in [-0.15, -0.1) is 0 Å². The van der Waals surface area contributed by atoms with Crippen LogP contribution in [0.15, 0.2) is 60.8 Å². The number of aliphatic hydroxyl groups is 1. The zero-order valence-electron chi connectivity index (χ0n) is 20.5. The fourth-order valence-corrected chi connectivity index (χ4v) is 3.59. The predicted octanol–water partition coefficient (Wildman–Crippen LogP) is 5.12. The molecule has 0 unspecified atom stereocenters. The van der Waals surface area contributed by atoms with Crippen LogP contribution in [0, 0.1) is 6.92 Å². The first-order valence-electron chi connectivity index (χ1n) is 11.6. The third kappa shape index (κ3) is 9.92. The third-order valence-electron chi connectivity index (χ3n) is 5.45. The van der Waals surface area contributed by atoms with Crippen molar-refractivity contribution in [1.29, 1.82) is 0 Å². The molecule has 0 saturated carbocycles. The molecule has 1 atom stereocenters. The van der Waals surface area contributed by atoms with E-state index in [1.54, 1.807) is 13.1 Å². The zero-order valence-corrected chi connectivity index (χ0v) is 21.3. The Balaban J connectivity index is 0.000000322. The number of benzene rings is 2. The van der Waals surface area contributed by atoms with Crippen LogP contribution in [-0.4, -0.2) is 53.3 Å². The van der Waals surface area contributed by atoms with Gasteiger partial charge < -0.3 is 20.1 Å². The van der Waals surface area contributed by atoms with E-state index < -0.39 is 0 Å². The van der Waals surface area contributed by atoms with Crippen molar-refractivity contribution in [2.75, 3.05) is 20.3 Å². The Morgan fingerprint density at radius 2 is 1.80 bits per heavy atom. The molecule has 8 heteroatoms. The first-order chi connectivity index (χ1) is 16.8. The van der Waals surface area contributed by atoms with Gasteiger partial charge in [-0.05, 0) is 49.3 Å². The summed E-state index contributed by atoms with van der Waals surface area (Å²) in [6.07, 6.45) is 3.94. The monoisotopic (exact) mass is 499 g/mol. The van der Waals surface area contributed by atoms with Gasteiger partial charge in [0.25, 0.3) is 0 Å². The van der Waals surface area contributed by atoms with E-state index in [4.69, 9.17) is 21.4 Å². The average Bonchev–Trinajstić information content (AvgIpc) is 2.85. The van der Waals surface area contributed by atoms with E-state index in [9.17, 15) is 9.59 Å². The van der Waals surface area contributed by atoms with Crippen LogP contribution in [0.4, 0.5) is 4.79 Å². The number of carbonyl (C=O) groups is 2. The number of pyridine rings is 1. The molecular weight excluding hydrogens is 466 g/mol. The molecule has 188 valence electrons. The molecular formula is C27H34ClN3O4. The molecule has 2 aromatic carbocycles. The fourth-order valence-electron chi connectivity index (χ4n) is 3.39. The summed E-state index contributed by atoms with van der Waals surface area (Å²) in [7, 11) is 1.66. The Kier molecular flexibility index (Phi) is 12.0. The lowest BCUT2D eigenvalue weighted by Gasteiger charge is -2.28. The van der Waals surface area contributed by atoms with E-state index in [-0.39, 0.29) is 31.3 Å². The lowest BCUT2D eigenvalue weighted by atomic mass is 10.1. The number of unbranched alkanes of at least 4 members (excludes halogenated alkanes) is 1. The van der Waals surface area contributed by atoms with E-state index in [2.05, 4.69) is 28.5 Å². The fraction of sp³-hybridized carbons (Fsp3) is 0.370. The van der Waals surface area contributed by atoms with E-state index in [0.29, 0.717) is 24.4 Å². The first-order valence-corrected chi connectivity index (χ1v) is 12.0. The minimum atomic E-state index is -0.382. The van der Waals surface area contributed by atoms with Crippen LogP contribution in [-0.2, 0) is 16.1 Å². The Bertz CT molecular complexity index is 1090.